The van der Waals surface area contributed by atoms with E-state index in [2.05, 4.69) is 68.9 Å². The van der Waals surface area contributed by atoms with E-state index in [4.69, 9.17) is 5.11 Å². The summed E-state index contributed by atoms with van der Waals surface area (Å²) in [6.45, 7) is 4.47. The van der Waals surface area contributed by atoms with Gasteiger partial charge < -0.3 is 11.5 Å². The molecule has 1 N–H and O–H groups in total. The molecule has 0 saturated heterocycles. The monoisotopic (exact) mass is 293 g/mol. The van der Waals surface area contributed by atoms with Gasteiger partial charge in [0.1, 0.15) is 0 Å². The zero-order chi connectivity index (χ0) is 11.4. The normalized spacial score (nSPS) is 21.5. The second kappa shape index (κ2) is 6.52. The molecule has 16 heavy (non-hydrogen) atoms. The first kappa shape index (κ1) is 15.8. The van der Waals surface area contributed by atoms with Crippen molar-refractivity contribution in [3.05, 3.63) is 55.0 Å². The van der Waals surface area contributed by atoms with Crippen LogP contribution in [0.25, 0.3) is 0 Å². The maximum Gasteiger partial charge on any atom is 3.00 e. The first-order valence-electron chi connectivity index (χ1n) is 5.18. The molecule has 2 rings (SSSR count). The van der Waals surface area contributed by atoms with Gasteiger partial charge in [-0.3, -0.25) is 0 Å². The fourth-order valence-electron chi connectivity index (χ4n) is 2.03. The summed E-state index contributed by atoms with van der Waals surface area (Å²) in [6.07, 6.45) is 19.8. The maximum atomic E-state index is 7.00. The van der Waals surface area contributed by atoms with Crippen molar-refractivity contribution < 1.29 is 31.3 Å². The van der Waals surface area contributed by atoms with Crippen molar-refractivity contribution >= 4 is 0 Å². The first-order chi connectivity index (χ1) is 7.12. The standard InChI is InChI=1S/C13H15.CH4O.Zr/c1-12(7-3-4-8-12)11-13(2)9-5-6-10-13;1-2;/h3-11H,1-2H3;2H,1H3;/q-1;;+3. The molecule has 0 fully saturated rings. The van der Waals surface area contributed by atoms with Gasteiger partial charge >= 0.3 is 26.2 Å². The predicted octanol–water partition coefficient (Wildman–Crippen LogP) is 3.06. The van der Waals surface area contributed by atoms with E-state index in [0.29, 0.717) is 0 Å². The van der Waals surface area contributed by atoms with Gasteiger partial charge in [0.05, 0.1) is 0 Å². The minimum absolute atomic E-state index is 0. The summed E-state index contributed by atoms with van der Waals surface area (Å²) in [5.74, 6) is 0. The molecule has 0 aliphatic heterocycles. The molecule has 0 heterocycles. The van der Waals surface area contributed by atoms with Gasteiger partial charge in [0.2, 0.25) is 0 Å². The summed E-state index contributed by atoms with van der Waals surface area (Å²) < 4.78 is 0. The van der Waals surface area contributed by atoms with E-state index in [-0.39, 0.29) is 37.0 Å². The van der Waals surface area contributed by atoms with Crippen LogP contribution < -0.4 is 0 Å². The van der Waals surface area contributed by atoms with Crippen LogP contribution in [-0.2, 0) is 26.2 Å². The molecule has 1 radical (unpaired) electrons. The Balaban J connectivity index is 0.000000711. The summed E-state index contributed by atoms with van der Waals surface area (Å²) in [7, 11) is 1.00. The van der Waals surface area contributed by atoms with Crippen LogP contribution >= 0.6 is 0 Å². The molecule has 2 aliphatic rings. The molecular weight excluding hydrogens is 275 g/mol. The number of hydrogen-bond donors (Lipinski definition) is 1. The fraction of sp³-hybridized carbons (Fsp3) is 0.357. The molecule has 83 valence electrons. The molecule has 0 spiro atoms. The molecule has 0 unspecified atom stereocenters. The van der Waals surface area contributed by atoms with Gasteiger partial charge in [0, 0.05) is 7.11 Å². The Morgan fingerprint density at radius 1 is 0.750 bits per heavy atom. The smallest absolute Gasteiger partial charge is 0.400 e. The van der Waals surface area contributed by atoms with Gasteiger partial charge in [-0.15, -0.1) is 35.1 Å². The van der Waals surface area contributed by atoms with E-state index in [1.165, 1.54) is 0 Å². The molecule has 0 aromatic carbocycles. The van der Waals surface area contributed by atoms with Crippen LogP contribution in [0.3, 0.4) is 0 Å². The van der Waals surface area contributed by atoms with Gasteiger partial charge in [-0.2, -0.15) is 0 Å². The summed E-state index contributed by atoms with van der Waals surface area (Å²) in [6, 6.07) is 0. The third-order valence-electron chi connectivity index (χ3n) is 2.67. The van der Waals surface area contributed by atoms with E-state index in [1.54, 1.807) is 0 Å². The molecule has 0 aromatic heterocycles. The Labute approximate surface area is 118 Å². The quantitative estimate of drug-likeness (QED) is 0.776. The molecule has 1 nitrogen and oxygen atoms in total. The third-order valence-corrected chi connectivity index (χ3v) is 2.67. The Morgan fingerprint density at radius 2 is 1.00 bits per heavy atom. The van der Waals surface area contributed by atoms with Crippen LogP contribution in [-0.4, -0.2) is 12.2 Å². The van der Waals surface area contributed by atoms with Crippen molar-refractivity contribution in [3.63, 3.8) is 0 Å². The minimum Gasteiger partial charge on any atom is -0.400 e. The number of hydrogen-bond acceptors (Lipinski definition) is 1. The number of aliphatic hydroxyl groups excluding tert-OH is 1. The average Bonchev–Trinajstić information content (AvgIpc) is 2.79. The Bertz CT molecular complexity index is 268. The molecular formula is C14H19OZr+2. The van der Waals surface area contributed by atoms with E-state index in [0.717, 1.165) is 7.11 Å². The molecule has 2 aliphatic carbocycles. The number of aliphatic hydroxyl groups is 1. The molecule has 0 saturated carbocycles. The topological polar surface area (TPSA) is 20.2 Å². The van der Waals surface area contributed by atoms with Crippen LogP contribution in [0.5, 0.6) is 0 Å². The first-order valence-corrected chi connectivity index (χ1v) is 5.18. The van der Waals surface area contributed by atoms with Gasteiger partial charge in [-0.1, -0.05) is 38.2 Å². The second-order valence-corrected chi connectivity index (χ2v) is 4.31. The van der Waals surface area contributed by atoms with Crippen molar-refractivity contribution in [2.75, 3.05) is 7.11 Å². The summed E-state index contributed by atoms with van der Waals surface area (Å²) in [4.78, 5) is 0. The maximum absolute atomic E-state index is 7.00. The van der Waals surface area contributed by atoms with Gasteiger partial charge in [-0.05, 0) is 0 Å². The van der Waals surface area contributed by atoms with E-state index in [9.17, 15) is 0 Å². The second-order valence-electron chi connectivity index (χ2n) is 4.31. The number of allylic oxidation sites excluding steroid dienone is 8. The third kappa shape index (κ3) is 3.99. The zero-order valence-electron chi connectivity index (χ0n) is 10.1. The minimum atomic E-state index is 0. The molecule has 0 amide bonds. The van der Waals surface area contributed by atoms with E-state index in [1.807, 2.05) is 0 Å². The van der Waals surface area contributed by atoms with E-state index >= 15 is 0 Å². The summed E-state index contributed by atoms with van der Waals surface area (Å²) in [5, 5.41) is 7.00. The van der Waals surface area contributed by atoms with Gasteiger partial charge in [0.25, 0.3) is 0 Å². The van der Waals surface area contributed by atoms with Gasteiger partial charge in [0.15, 0.2) is 0 Å². The predicted molar refractivity (Wildman–Crippen MR) is 65.2 cm³/mol. The van der Waals surface area contributed by atoms with Crippen LogP contribution in [0.15, 0.2) is 48.6 Å². The molecule has 0 bridgehead atoms. The summed E-state index contributed by atoms with van der Waals surface area (Å²) in [5.41, 5.74) is 0.265. The SMILES string of the molecule is CC1([CH-]C2(C)C=CC=C2)C=CC=C1.CO.[Zr+3]. The summed E-state index contributed by atoms with van der Waals surface area (Å²) >= 11 is 0. The van der Waals surface area contributed by atoms with Crippen molar-refractivity contribution in [3.8, 4) is 0 Å². The van der Waals surface area contributed by atoms with Crippen molar-refractivity contribution in [1.82, 2.24) is 0 Å². The Morgan fingerprint density at radius 3 is 1.25 bits per heavy atom. The average molecular weight is 295 g/mol. The fourth-order valence-corrected chi connectivity index (χ4v) is 2.03. The Kier molecular flexibility index (Phi) is 6.44. The van der Waals surface area contributed by atoms with Crippen LogP contribution in [0, 0.1) is 17.3 Å². The van der Waals surface area contributed by atoms with Crippen LogP contribution in [0.4, 0.5) is 0 Å². The van der Waals surface area contributed by atoms with Crippen LogP contribution in [0.1, 0.15) is 13.8 Å². The zero-order valence-corrected chi connectivity index (χ0v) is 12.6. The molecule has 0 aromatic rings. The number of rotatable bonds is 2. The molecule has 0 atom stereocenters. The van der Waals surface area contributed by atoms with Crippen LogP contribution in [0.2, 0.25) is 0 Å². The van der Waals surface area contributed by atoms with E-state index < -0.39 is 0 Å². The van der Waals surface area contributed by atoms with Gasteiger partial charge in [-0.25, -0.2) is 0 Å². The van der Waals surface area contributed by atoms with Crippen molar-refractivity contribution in [2.45, 2.75) is 13.8 Å². The van der Waals surface area contributed by atoms with Crippen molar-refractivity contribution in [2.24, 2.45) is 10.8 Å². The molecule has 2 heteroatoms. The Hall–Kier alpha value is -0.197. The van der Waals surface area contributed by atoms with Crippen molar-refractivity contribution in [1.29, 1.82) is 0 Å². The largest absolute Gasteiger partial charge is 3.00 e.